The SMILES string of the molecule is CCc1cc(OCCCSC)c(C(=O)O)s1. The van der Waals surface area contributed by atoms with Gasteiger partial charge in [0, 0.05) is 4.88 Å². The summed E-state index contributed by atoms with van der Waals surface area (Å²) < 4.78 is 5.50. The Kier molecular flexibility index (Phi) is 5.69. The van der Waals surface area contributed by atoms with Crippen LogP contribution in [0.4, 0.5) is 0 Å². The summed E-state index contributed by atoms with van der Waals surface area (Å²) >= 11 is 3.06. The first kappa shape index (κ1) is 13.4. The Hall–Kier alpha value is -0.680. The topological polar surface area (TPSA) is 46.5 Å². The Morgan fingerprint density at radius 1 is 1.62 bits per heavy atom. The van der Waals surface area contributed by atoms with E-state index in [0.29, 0.717) is 17.2 Å². The highest BCUT2D eigenvalue weighted by atomic mass is 32.2. The smallest absolute Gasteiger partial charge is 0.349 e. The average Bonchev–Trinajstić information content (AvgIpc) is 2.68. The molecule has 1 aromatic heterocycles. The number of hydrogen-bond acceptors (Lipinski definition) is 4. The molecule has 5 heteroatoms. The molecule has 1 N–H and O–H groups in total. The van der Waals surface area contributed by atoms with Gasteiger partial charge in [0.2, 0.25) is 0 Å². The van der Waals surface area contributed by atoms with Crippen molar-refractivity contribution in [3.8, 4) is 5.75 Å². The Labute approximate surface area is 104 Å². The number of aryl methyl sites for hydroxylation is 1. The highest BCUT2D eigenvalue weighted by molar-refractivity contribution is 7.98. The zero-order valence-electron chi connectivity index (χ0n) is 9.49. The molecule has 0 spiro atoms. The standard InChI is InChI=1S/C11H16O3S2/c1-3-8-7-9(10(16-8)11(12)13)14-5-4-6-15-2/h7H,3-6H2,1-2H3,(H,12,13). The van der Waals surface area contributed by atoms with Crippen LogP contribution in [0.5, 0.6) is 5.75 Å². The van der Waals surface area contributed by atoms with Crippen LogP contribution in [0.1, 0.15) is 27.9 Å². The lowest BCUT2D eigenvalue weighted by Crippen LogP contribution is -2.02. The van der Waals surface area contributed by atoms with Gasteiger partial charge in [0.25, 0.3) is 0 Å². The molecule has 1 heterocycles. The van der Waals surface area contributed by atoms with E-state index in [0.717, 1.165) is 23.5 Å². The van der Waals surface area contributed by atoms with Crippen molar-refractivity contribution < 1.29 is 14.6 Å². The van der Waals surface area contributed by atoms with Gasteiger partial charge in [-0.25, -0.2) is 4.79 Å². The Bertz CT molecular complexity index is 347. The monoisotopic (exact) mass is 260 g/mol. The summed E-state index contributed by atoms with van der Waals surface area (Å²) in [6.07, 6.45) is 3.83. The molecule has 0 aliphatic rings. The minimum Gasteiger partial charge on any atom is -0.492 e. The molecule has 0 saturated heterocycles. The van der Waals surface area contributed by atoms with E-state index in [-0.39, 0.29) is 0 Å². The van der Waals surface area contributed by atoms with Gasteiger partial charge in [0.05, 0.1) is 6.61 Å². The fraction of sp³-hybridized carbons (Fsp3) is 0.545. The van der Waals surface area contributed by atoms with Crippen molar-refractivity contribution in [1.29, 1.82) is 0 Å². The molecule has 0 aliphatic carbocycles. The van der Waals surface area contributed by atoms with Crippen molar-refractivity contribution in [3.63, 3.8) is 0 Å². The number of aromatic carboxylic acids is 1. The molecule has 0 aromatic carbocycles. The van der Waals surface area contributed by atoms with E-state index >= 15 is 0 Å². The van der Waals surface area contributed by atoms with Gasteiger partial charge in [-0.15, -0.1) is 11.3 Å². The second-order valence-corrected chi connectivity index (χ2v) is 5.38. The zero-order chi connectivity index (χ0) is 12.0. The molecule has 1 rings (SSSR count). The van der Waals surface area contributed by atoms with Gasteiger partial charge in [0.15, 0.2) is 4.88 Å². The van der Waals surface area contributed by atoms with Gasteiger partial charge in [-0.2, -0.15) is 11.8 Å². The lowest BCUT2D eigenvalue weighted by molar-refractivity contribution is 0.0698. The maximum absolute atomic E-state index is 11.0. The number of ether oxygens (including phenoxy) is 1. The highest BCUT2D eigenvalue weighted by Gasteiger charge is 2.15. The van der Waals surface area contributed by atoms with Gasteiger partial charge in [-0.05, 0) is 30.9 Å². The van der Waals surface area contributed by atoms with Crippen LogP contribution in [-0.4, -0.2) is 29.7 Å². The summed E-state index contributed by atoms with van der Waals surface area (Å²) in [7, 11) is 0. The van der Waals surface area contributed by atoms with Crippen molar-refractivity contribution in [2.24, 2.45) is 0 Å². The molecule has 0 radical (unpaired) electrons. The summed E-state index contributed by atoms with van der Waals surface area (Å²) in [5.41, 5.74) is 0. The van der Waals surface area contributed by atoms with Crippen molar-refractivity contribution in [2.75, 3.05) is 18.6 Å². The molecule has 0 amide bonds. The van der Waals surface area contributed by atoms with Crippen molar-refractivity contribution in [1.82, 2.24) is 0 Å². The number of thioether (sulfide) groups is 1. The van der Waals surface area contributed by atoms with Crippen LogP contribution in [0.25, 0.3) is 0 Å². The van der Waals surface area contributed by atoms with E-state index in [1.54, 1.807) is 11.8 Å². The van der Waals surface area contributed by atoms with Crippen LogP contribution < -0.4 is 4.74 Å². The van der Waals surface area contributed by atoms with Crippen molar-refractivity contribution in [3.05, 3.63) is 15.8 Å². The van der Waals surface area contributed by atoms with Crippen molar-refractivity contribution >= 4 is 29.1 Å². The number of carboxylic acids is 1. The zero-order valence-corrected chi connectivity index (χ0v) is 11.1. The molecule has 0 unspecified atom stereocenters. The normalized spacial score (nSPS) is 10.4. The van der Waals surface area contributed by atoms with Gasteiger partial charge in [-0.3, -0.25) is 0 Å². The van der Waals surface area contributed by atoms with Crippen LogP contribution >= 0.6 is 23.1 Å². The molecular formula is C11H16O3S2. The van der Waals surface area contributed by atoms with Crippen LogP contribution in [0.2, 0.25) is 0 Å². The van der Waals surface area contributed by atoms with E-state index in [4.69, 9.17) is 9.84 Å². The molecular weight excluding hydrogens is 244 g/mol. The van der Waals surface area contributed by atoms with Crippen LogP contribution in [0.15, 0.2) is 6.07 Å². The third-order valence-corrected chi connectivity index (χ3v) is 3.99. The minimum atomic E-state index is -0.899. The molecule has 0 fully saturated rings. The minimum absolute atomic E-state index is 0.320. The predicted octanol–water partition coefficient (Wildman–Crippen LogP) is 3.14. The summed E-state index contributed by atoms with van der Waals surface area (Å²) in [6.45, 7) is 2.59. The summed E-state index contributed by atoms with van der Waals surface area (Å²) in [4.78, 5) is 12.3. The largest absolute Gasteiger partial charge is 0.492 e. The molecule has 0 aliphatic heterocycles. The lowest BCUT2D eigenvalue weighted by atomic mass is 10.3. The fourth-order valence-corrected chi connectivity index (χ4v) is 2.52. The number of hydrogen-bond donors (Lipinski definition) is 1. The first-order chi connectivity index (χ1) is 7.69. The number of thiophene rings is 1. The summed E-state index contributed by atoms with van der Waals surface area (Å²) in [5, 5.41) is 9.00. The maximum atomic E-state index is 11.0. The van der Waals surface area contributed by atoms with Crippen LogP contribution in [0.3, 0.4) is 0 Å². The number of carboxylic acid groups (broad SMARTS) is 1. The summed E-state index contributed by atoms with van der Waals surface area (Å²) in [5.74, 6) is 0.660. The van der Waals surface area contributed by atoms with E-state index in [2.05, 4.69) is 0 Å². The Morgan fingerprint density at radius 3 is 2.94 bits per heavy atom. The molecule has 1 aromatic rings. The van der Waals surface area contributed by atoms with Gasteiger partial charge < -0.3 is 9.84 Å². The number of rotatable bonds is 7. The second-order valence-electron chi connectivity index (χ2n) is 3.26. The first-order valence-corrected chi connectivity index (χ1v) is 7.37. The summed E-state index contributed by atoms with van der Waals surface area (Å²) in [6, 6.07) is 1.84. The maximum Gasteiger partial charge on any atom is 0.349 e. The number of carbonyl (C=O) groups is 1. The van der Waals surface area contributed by atoms with Gasteiger partial charge in [0.1, 0.15) is 5.75 Å². The van der Waals surface area contributed by atoms with Gasteiger partial charge in [-0.1, -0.05) is 6.92 Å². The van der Waals surface area contributed by atoms with Crippen molar-refractivity contribution in [2.45, 2.75) is 19.8 Å². The molecule has 90 valence electrons. The van der Waals surface area contributed by atoms with E-state index in [9.17, 15) is 4.79 Å². The van der Waals surface area contributed by atoms with E-state index in [1.165, 1.54) is 11.3 Å². The predicted molar refractivity (Wildman–Crippen MR) is 69.2 cm³/mol. The van der Waals surface area contributed by atoms with E-state index < -0.39 is 5.97 Å². The highest BCUT2D eigenvalue weighted by Crippen LogP contribution is 2.29. The Balaban J connectivity index is 2.62. The lowest BCUT2D eigenvalue weighted by Gasteiger charge is -2.03. The molecule has 0 saturated carbocycles. The Morgan fingerprint density at radius 2 is 2.38 bits per heavy atom. The van der Waals surface area contributed by atoms with Gasteiger partial charge >= 0.3 is 5.97 Å². The average molecular weight is 260 g/mol. The van der Waals surface area contributed by atoms with Crippen LogP contribution in [0, 0.1) is 0 Å². The quantitative estimate of drug-likeness (QED) is 0.765. The molecule has 16 heavy (non-hydrogen) atoms. The molecule has 3 nitrogen and oxygen atoms in total. The third kappa shape index (κ3) is 3.72. The second kappa shape index (κ2) is 6.81. The molecule has 0 bridgehead atoms. The fourth-order valence-electron chi connectivity index (χ4n) is 1.24. The first-order valence-electron chi connectivity index (χ1n) is 5.16. The third-order valence-electron chi connectivity index (χ3n) is 2.04. The molecule has 0 atom stereocenters. The van der Waals surface area contributed by atoms with Crippen LogP contribution in [-0.2, 0) is 6.42 Å². The van der Waals surface area contributed by atoms with E-state index in [1.807, 2.05) is 19.2 Å².